The summed E-state index contributed by atoms with van der Waals surface area (Å²) in [5.41, 5.74) is -0.255. The van der Waals surface area contributed by atoms with E-state index in [4.69, 9.17) is 9.47 Å². The van der Waals surface area contributed by atoms with Crippen molar-refractivity contribution in [1.82, 2.24) is 0 Å². The first-order chi connectivity index (χ1) is 10.1. The molecular weight excluding hydrogens is 264 g/mol. The Morgan fingerprint density at radius 2 is 1.95 bits per heavy atom. The van der Waals surface area contributed by atoms with Gasteiger partial charge in [-0.2, -0.15) is 0 Å². The van der Waals surface area contributed by atoms with E-state index in [2.05, 4.69) is 43.8 Å². The van der Waals surface area contributed by atoms with Crippen LogP contribution in [0.2, 0.25) is 0 Å². The Labute approximate surface area is 129 Å². The van der Waals surface area contributed by atoms with Crippen molar-refractivity contribution in [3.8, 4) is 23.7 Å². The average molecular weight is 290 g/mol. The summed E-state index contributed by atoms with van der Waals surface area (Å²) < 4.78 is 11.2. The van der Waals surface area contributed by atoms with E-state index in [-0.39, 0.29) is 5.41 Å². The summed E-state index contributed by atoms with van der Waals surface area (Å²) in [5.74, 6) is 10.9. The minimum atomic E-state index is -0.571. The molecule has 0 aromatic carbocycles. The van der Waals surface area contributed by atoms with Crippen LogP contribution in [0.3, 0.4) is 0 Å². The Kier molecular flexibility index (Phi) is 11.4. The molecule has 0 aromatic heterocycles. The standard InChI is InChI=1S/C18H26O3/c1-5-9-10-11-13-21-16-18(8-4,14-17(19)7-3)15-20-12-6-2/h6-7,17,19H,2-3,8,12-16H2,1,4H3. The van der Waals surface area contributed by atoms with Crippen molar-refractivity contribution in [1.29, 1.82) is 0 Å². The van der Waals surface area contributed by atoms with Gasteiger partial charge in [0.1, 0.15) is 6.61 Å². The van der Waals surface area contributed by atoms with Gasteiger partial charge in [0.2, 0.25) is 0 Å². The summed E-state index contributed by atoms with van der Waals surface area (Å²) in [6.07, 6.45) is 4.05. The Morgan fingerprint density at radius 3 is 2.52 bits per heavy atom. The molecule has 2 unspecified atom stereocenters. The zero-order valence-electron chi connectivity index (χ0n) is 13.2. The van der Waals surface area contributed by atoms with E-state index < -0.39 is 6.10 Å². The molecule has 0 rings (SSSR count). The van der Waals surface area contributed by atoms with E-state index in [9.17, 15) is 5.11 Å². The summed E-state index contributed by atoms with van der Waals surface area (Å²) >= 11 is 0. The third-order valence-electron chi connectivity index (χ3n) is 3.17. The minimum absolute atomic E-state index is 0.255. The van der Waals surface area contributed by atoms with E-state index in [1.54, 1.807) is 13.0 Å². The smallest absolute Gasteiger partial charge is 0.108 e. The highest BCUT2D eigenvalue weighted by Crippen LogP contribution is 2.29. The second-order valence-electron chi connectivity index (χ2n) is 4.83. The largest absolute Gasteiger partial charge is 0.389 e. The predicted octanol–water partition coefficient (Wildman–Crippen LogP) is 2.57. The molecule has 21 heavy (non-hydrogen) atoms. The molecule has 3 heteroatoms. The van der Waals surface area contributed by atoms with Crippen LogP contribution < -0.4 is 0 Å². The molecule has 0 aliphatic carbocycles. The zero-order valence-corrected chi connectivity index (χ0v) is 13.2. The molecule has 0 aliphatic heterocycles. The monoisotopic (exact) mass is 290 g/mol. The second kappa shape index (κ2) is 12.2. The third-order valence-corrected chi connectivity index (χ3v) is 3.17. The van der Waals surface area contributed by atoms with Crippen molar-refractivity contribution in [2.75, 3.05) is 26.4 Å². The molecule has 0 amide bonds. The molecular formula is C18H26O3. The molecule has 0 spiro atoms. The molecule has 0 saturated heterocycles. The van der Waals surface area contributed by atoms with Crippen molar-refractivity contribution in [2.24, 2.45) is 5.41 Å². The SMILES string of the molecule is C=CCOCC(CC)(COCC#CC#CC)CC(O)C=C. The van der Waals surface area contributed by atoms with Crippen molar-refractivity contribution in [3.05, 3.63) is 25.3 Å². The number of aliphatic hydroxyl groups excluding tert-OH is 1. The van der Waals surface area contributed by atoms with Crippen LogP contribution in [-0.2, 0) is 9.47 Å². The fourth-order valence-electron chi connectivity index (χ4n) is 1.86. The van der Waals surface area contributed by atoms with E-state index in [0.717, 1.165) is 6.42 Å². The van der Waals surface area contributed by atoms with Gasteiger partial charge in [-0.05, 0) is 31.6 Å². The Balaban J connectivity index is 4.58. The summed E-state index contributed by atoms with van der Waals surface area (Å²) in [4.78, 5) is 0. The highest BCUT2D eigenvalue weighted by atomic mass is 16.5. The first kappa shape index (κ1) is 19.5. The van der Waals surface area contributed by atoms with E-state index in [1.807, 2.05) is 0 Å². The van der Waals surface area contributed by atoms with Crippen LogP contribution in [0.4, 0.5) is 0 Å². The van der Waals surface area contributed by atoms with Gasteiger partial charge >= 0.3 is 0 Å². The lowest BCUT2D eigenvalue weighted by Gasteiger charge is -2.33. The topological polar surface area (TPSA) is 38.7 Å². The summed E-state index contributed by atoms with van der Waals surface area (Å²) in [6.45, 7) is 12.8. The molecule has 0 heterocycles. The molecule has 0 bridgehead atoms. The van der Waals surface area contributed by atoms with Gasteiger partial charge in [0.05, 0.1) is 25.9 Å². The van der Waals surface area contributed by atoms with Gasteiger partial charge in [-0.3, -0.25) is 0 Å². The maximum absolute atomic E-state index is 9.86. The van der Waals surface area contributed by atoms with Gasteiger partial charge in [-0.25, -0.2) is 0 Å². The van der Waals surface area contributed by atoms with Crippen LogP contribution in [0.15, 0.2) is 25.3 Å². The Morgan fingerprint density at radius 1 is 1.24 bits per heavy atom. The van der Waals surface area contributed by atoms with Gasteiger partial charge in [-0.1, -0.05) is 30.9 Å². The number of rotatable bonds is 11. The molecule has 2 atom stereocenters. The van der Waals surface area contributed by atoms with Gasteiger partial charge < -0.3 is 14.6 Å². The maximum Gasteiger partial charge on any atom is 0.108 e. The summed E-state index contributed by atoms with van der Waals surface area (Å²) in [6, 6.07) is 0. The lowest BCUT2D eigenvalue weighted by Crippen LogP contribution is -2.35. The maximum atomic E-state index is 9.86. The van der Waals surface area contributed by atoms with E-state index in [0.29, 0.717) is 32.8 Å². The van der Waals surface area contributed by atoms with Crippen LogP contribution in [0, 0.1) is 29.1 Å². The quantitative estimate of drug-likeness (QED) is 0.361. The zero-order chi connectivity index (χ0) is 16.0. The molecule has 0 saturated carbocycles. The van der Waals surface area contributed by atoms with Gasteiger partial charge in [0.25, 0.3) is 0 Å². The van der Waals surface area contributed by atoms with Crippen molar-refractivity contribution in [3.63, 3.8) is 0 Å². The third kappa shape index (κ3) is 9.10. The first-order valence-electron chi connectivity index (χ1n) is 7.10. The minimum Gasteiger partial charge on any atom is -0.389 e. The summed E-state index contributed by atoms with van der Waals surface area (Å²) in [5, 5.41) is 9.86. The Bertz CT molecular complexity index is 419. The number of aliphatic hydroxyl groups is 1. The van der Waals surface area contributed by atoms with E-state index >= 15 is 0 Å². The molecule has 0 aliphatic rings. The molecule has 0 radical (unpaired) electrons. The van der Waals surface area contributed by atoms with Gasteiger partial charge in [0.15, 0.2) is 0 Å². The lowest BCUT2D eigenvalue weighted by atomic mass is 9.81. The number of hydrogen-bond acceptors (Lipinski definition) is 3. The molecule has 1 N–H and O–H groups in total. The molecule has 0 aromatic rings. The number of hydrogen-bond donors (Lipinski definition) is 1. The first-order valence-corrected chi connectivity index (χ1v) is 7.10. The van der Waals surface area contributed by atoms with Crippen LogP contribution >= 0.6 is 0 Å². The fraction of sp³-hybridized carbons (Fsp3) is 0.556. The predicted molar refractivity (Wildman–Crippen MR) is 86.6 cm³/mol. The van der Waals surface area contributed by atoms with Crippen LogP contribution in [0.1, 0.15) is 26.7 Å². The highest BCUT2D eigenvalue weighted by molar-refractivity contribution is 5.24. The highest BCUT2D eigenvalue weighted by Gasteiger charge is 2.31. The average Bonchev–Trinajstić information content (AvgIpc) is 2.50. The molecule has 116 valence electrons. The van der Waals surface area contributed by atoms with Gasteiger partial charge in [0, 0.05) is 5.41 Å². The van der Waals surface area contributed by atoms with Crippen molar-refractivity contribution in [2.45, 2.75) is 32.8 Å². The van der Waals surface area contributed by atoms with Crippen molar-refractivity contribution < 1.29 is 14.6 Å². The second-order valence-corrected chi connectivity index (χ2v) is 4.83. The van der Waals surface area contributed by atoms with Gasteiger partial charge in [-0.15, -0.1) is 13.2 Å². The van der Waals surface area contributed by atoms with E-state index in [1.165, 1.54) is 6.08 Å². The Hall–Kier alpha value is -1.52. The lowest BCUT2D eigenvalue weighted by molar-refractivity contribution is -0.0318. The molecule has 3 nitrogen and oxygen atoms in total. The van der Waals surface area contributed by atoms with Crippen molar-refractivity contribution >= 4 is 0 Å². The van der Waals surface area contributed by atoms with Crippen LogP contribution in [0.25, 0.3) is 0 Å². The fourth-order valence-corrected chi connectivity index (χ4v) is 1.86. The number of ether oxygens (including phenoxy) is 2. The van der Waals surface area contributed by atoms with Crippen LogP contribution in [0.5, 0.6) is 0 Å². The molecule has 0 fully saturated rings. The van der Waals surface area contributed by atoms with Crippen LogP contribution in [-0.4, -0.2) is 37.6 Å². The normalized spacial score (nSPS) is 13.9. The summed E-state index contributed by atoms with van der Waals surface area (Å²) in [7, 11) is 0.